The van der Waals surface area contributed by atoms with E-state index in [0.717, 1.165) is 36.7 Å². The summed E-state index contributed by atoms with van der Waals surface area (Å²) in [6, 6.07) is 4.99. The molecule has 0 amide bonds. The molecule has 110 valence electrons. The van der Waals surface area contributed by atoms with Crippen molar-refractivity contribution in [3.63, 3.8) is 0 Å². The van der Waals surface area contributed by atoms with Gasteiger partial charge < -0.3 is 10.5 Å². The van der Waals surface area contributed by atoms with E-state index in [2.05, 4.69) is 4.98 Å². The highest BCUT2D eigenvalue weighted by atomic mass is 19.1. The van der Waals surface area contributed by atoms with Crippen molar-refractivity contribution in [3.8, 4) is 11.1 Å². The Morgan fingerprint density at radius 2 is 1.86 bits per heavy atom. The summed E-state index contributed by atoms with van der Waals surface area (Å²) in [6.07, 6.45) is 3.28. The maximum absolute atomic E-state index is 13.9. The maximum Gasteiger partial charge on any atom is 0.131 e. The number of hydrogen-bond acceptors (Lipinski definition) is 3. The lowest BCUT2D eigenvalue weighted by Crippen LogP contribution is -2.16. The zero-order valence-electron chi connectivity index (χ0n) is 11.5. The van der Waals surface area contributed by atoms with Crippen molar-refractivity contribution in [2.75, 3.05) is 18.9 Å². The molecule has 3 nitrogen and oxygen atoms in total. The summed E-state index contributed by atoms with van der Waals surface area (Å²) in [4.78, 5) is 4.34. The Labute approximate surface area is 121 Å². The minimum Gasteiger partial charge on any atom is -0.397 e. The van der Waals surface area contributed by atoms with Crippen LogP contribution < -0.4 is 5.73 Å². The monoisotopic (exact) mass is 290 g/mol. The first-order valence-corrected chi connectivity index (χ1v) is 6.94. The average molecular weight is 290 g/mol. The smallest absolute Gasteiger partial charge is 0.131 e. The van der Waals surface area contributed by atoms with Crippen molar-refractivity contribution in [3.05, 3.63) is 47.8 Å². The summed E-state index contributed by atoms with van der Waals surface area (Å²) in [6.45, 7) is 1.34. The van der Waals surface area contributed by atoms with Gasteiger partial charge in [0.1, 0.15) is 11.6 Å². The van der Waals surface area contributed by atoms with Gasteiger partial charge in [0.25, 0.3) is 0 Å². The Morgan fingerprint density at radius 3 is 2.62 bits per heavy atom. The molecule has 0 atom stereocenters. The quantitative estimate of drug-likeness (QED) is 0.920. The van der Waals surface area contributed by atoms with Gasteiger partial charge in [-0.05, 0) is 37.1 Å². The van der Waals surface area contributed by atoms with Crippen LogP contribution in [0.1, 0.15) is 24.5 Å². The van der Waals surface area contributed by atoms with Crippen LogP contribution in [0.2, 0.25) is 0 Å². The predicted octanol–water partition coefficient (Wildman–Crippen LogP) is 3.50. The summed E-state index contributed by atoms with van der Waals surface area (Å²) in [7, 11) is 0. The molecule has 2 heterocycles. The van der Waals surface area contributed by atoms with Crippen molar-refractivity contribution < 1.29 is 13.5 Å². The molecule has 1 fully saturated rings. The lowest BCUT2D eigenvalue weighted by molar-refractivity contribution is 0.0846. The molecule has 21 heavy (non-hydrogen) atoms. The summed E-state index contributed by atoms with van der Waals surface area (Å²) < 4.78 is 32.7. The van der Waals surface area contributed by atoms with E-state index in [1.807, 2.05) is 0 Å². The molecule has 0 saturated carbocycles. The van der Waals surface area contributed by atoms with Crippen LogP contribution in [0, 0.1) is 11.6 Å². The highest BCUT2D eigenvalue weighted by Gasteiger charge is 2.22. The number of benzene rings is 1. The zero-order chi connectivity index (χ0) is 14.8. The van der Waals surface area contributed by atoms with Crippen LogP contribution in [-0.2, 0) is 4.74 Å². The molecule has 1 aromatic heterocycles. The van der Waals surface area contributed by atoms with Gasteiger partial charge in [-0.3, -0.25) is 4.98 Å². The molecule has 2 aromatic rings. The van der Waals surface area contributed by atoms with E-state index >= 15 is 0 Å². The molecule has 3 rings (SSSR count). The van der Waals surface area contributed by atoms with Gasteiger partial charge in [-0.2, -0.15) is 0 Å². The third-order valence-corrected chi connectivity index (χ3v) is 3.85. The van der Waals surface area contributed by atoms with Gasteiger partial charge in [0.05, 0.1) is 11.4 Å². The van der Waals surface area contributed by atoms with E-state index in [9.17, 15) is 8.78 Å². The molecule has 0 bridgehead atoms. The fourth-order valence-corrected chi connectivity index (χ4v) is 2.72. The van der Waals surface area contributed by atoms with Gasteiger partial charge >= 0.3 is 0 Å². The normalized spacial score (nSPS) is 16.1. The van der Waals surface area contributed by atoms with Crippen LogP contribution in [0.3, 0.4) is 0 Å². The first-order chi connectivity index (χ1) is 10.2. The third-order valence-electron chi connectivity index (χ3n) is 3.85. The van der Waals surface area contributed by atoms with Crippen LogP contribution in [0.15, 0.2) is 30.5 Å². The second-order valence-electron chi connectivity index (χ2n) is 5.17. The molecule has 1 saturated heterocycles. The van der Waals surface area contributed by atoms with E-state index in [-0.39, 0.29) is 11.5 Å². The molecule has 2 N–H and O–H groups in total. The summed E-state index contributed by atoms with van der Waals surface area (Å²) in [5.74, 6) is -0.780. The van der Waals surface area contributed by atoms with Crippen LogP contribution in [0.4, 0.5) is 14.5 Å². The summed E-state index contributed by atoms with van der Waals surface area (Å²) >= 11 is 0. The first kappa shape index (κ1) is 13.9. The van der Waals surface area contributed by atoms with Crippen molar-refractivity contribution in [1.29, 1.82) is 0 Å². The Hall–Kier alpha value is -2.01. The lowest BCUT2D eigenvalue weighted by atomic mass is 9.92. The van der Waals surface area contributed by atoms with Crippen molar-refractivity contribution in [1.82, 2.24) is 4.98 Å². The lowest BCUT2D eigenvalue weighted by Gasteiger charge is -2.23. The molecule has 0 spiro atoms. The summed E-state index contributed by atoms with van der Waals surface area (Å²) in [5, 5.41) is 0. The van der Waals surface area contributed by atoms with E-state index < -0.39 is 11.6 Å². The molecule has 5 heteroatoms. The molecule has 1 aliphatic rings. The number of ether oxygens (including phenoxy) is 1. The predicted molar refractivity (Wildman–Crippen MR) is 76.8 cm³/mol. The second-order valence-corrected chi connectivity index (χ2v) is 5.17. The number of nitrogen functional groups attached to an aromatic ring is 1. The molecule has 0 radical (unpaired) electrons. The minimum absolute atomic E-state index is 0.170. The number of halogens is 2. The maximum atomic E-state index is 13.9. The van der Waals surface area contributed by atoms with Crippen LogP contribution in [0.25, 0.3) is 11.1 Å². The number of anilines is 1. The third kappa shape index (κ3) is 2.74. The number of aromatic nitrogens is 1. The highest BCUT2D eigenvalue weighted by molar-refractivity contribution is 5.78. The van der Waals surface area contributed by atoms with Gasteiger partial charge in [0, 0.05) is 36.5 Å². The van der Waals surface area contributed by atoms with E-state index in [0.29, 0.717) is 24.5 Å². The molecular weight excluding hydrogens is 274 g/mol. The van der Waals surface area contributed by atoms with Gasteiger partial charge in [0.15, 0.2) is 0 Å². The van der Waals surface area contributed by atoms with Crippen LogP contribution >= 0.6 is 0 Å². The number of pyridine rings is 1. The molecule has 0 aliphatic carbocycles. The van der Waals surface area contributed by atoms with E-state index in [1.165, 1.54) is 0 Å². The van der Waals surface area contributed by atoms with Crippen LogP contribution in [0.5, 0.6) is 0 Å². The zero-order valence-corrected chi connectivity index (χ0v) is 11.5. The van der Waals surface area contributed by atoms with Crippen molar-refractivity contribution in [2.45, 2.75) is 18.8 Å². The van der Waals surface area contributed by atoms with E-state index in [4.69, 9.17) is 10.5 Å². The van der Waals surface area contributed by atoms with Crippen molar-refractivity contribution in [2.24, 2.45) is 0 Å². The molecular formula is C16H16F2N2O. The van der Waals surface area contributed by atoms with Gasteiger partial charge in [-0.1, -0.05) is 0 Å². The van der Waals surface area contributed by atoms with Crippen molar-refractivity contribution >= 4 is 5.69 Å². The number of rotatable bonds is 2. The Balaban J connectivity index is 2.05. The molecule has 0 unspecified atom stereocenters. The number of nitrogens with two attached hydrogens (primary N) is 1. The Kier molecular flexibility index (Phi) is 3.84. The highest BCUT2D eigenvalue weighted by Crippen LogP contribution is 2.36. The van der Waals surface area contributed by atoms with Gasteiger partial charge in [0.2, 0.25) is 0 Å². The molecule has 1 aromatic carbocycles. The first-order valence-electron chi connectivity index (χ1n) is 6.94. The van der Waals surface area contributed by atoms with Crippen LogP contribution in [-0.4, -0.2) is 18.2 Å². The second kappa shape index (κ2) is 5.77. The summed E-state index contributed by atoms with van der Waals surface area (Å²) in [5.41, 5.74) is 8.01. The standard InChI is InChI=1S/C16H16F2N2O/c17-11-1-2-14(18)13(9-11)12-3-6-20-16(15(12)19)10-4-7-21-8-5-10/h1-3,6,9-10H,4-5,7-8,19H2. The van der Waals surface area contributed by atoms with Gasteiger partial charge in [-0.25, -0.2) is 8.78 Å². The minimum atomic E-state index is -0.493. The Morgan fingerprint density at radius 1 is 1.10 bits per heavy atom. The largest absolute Gasteiger partial charge is 0.397 e. The number of nitrogens with zero attached hydrogens (tertiary/aromatic N) is 1. The van der Waals surface area contributed by atoms with Gasteiger partial charge in [-0.15, -0.1) is 0 Å². The Bertz CT molecular complexity index is 655. The topological polar surface area (TPSA) is 48.1 Å². The molecule has 1 aliphatic heterocycles. The number of hydrogen-bond donors (Lipinski definition) is 1. The average Bonchev–Trinajstić information content (AvgIpc) is 2.51. The SMILES string of the molecule is Nc1c(-c2cc(F)ccc2F)ccnc1C1CCOCC1. The fourth-order valence-electron chi connectivity index (χ4n) is 2.72. The fraction of sp³-hybridized carbons (Fsp3) is 0.312. The van der Waals surface area contributed by atoms with E-state index in [1.54, 1.807) is 12.3 Å².